The van der Waals surface area contributed by atoms with Crippen LogP contribution >= 0.6 is 23.1 Å². The summed E-state index contributed by atoms with van der Waals surface area (Å²) in [5.74, 6) is 1.01. The number of H-pyrrole nitrogens is 1. The normalized spacial score (nSPS) is 14.8. The van der Waals surface area contributed by atoms with Crippen molar-refractivity contribution < 1.29 is 9.53 Å². The Morgan fingerprint density at radius 3 is 2.83 bits per heavy atom. The molecule has 0 radical (unpaired) electrons. The average Bonchev–Trinajstić information content (AvgIpc) is 3.41. The molecular formula is C20H23N5O2S2. The fourth-order valence-electron chi connectivity index (χ4n) is 3.04. The van der Waals surface area contributed by atoms with Gasteiger partial charge in [-0.05, 0) is 29.1 Å². The van der Waals surface area contributed by atoms with E-state index in [1.165, 1.54) is 22.2 Å². The number of benzene rings is 1. The summed E-state index contributed by atoms with van der Waals surface area (Å²) in [5, 5.41) is 12.7. The van der Waals surface area contributed by atoms with Crippen LogP contribution in [0.15, 0.2) is 46.9 Å². The van der Waals surface area contributed by atoms with E-state index < -0.39 is 0 Å². The highest BCUT2D eigenvalue weighted by Gasteiger charge is 2.11. The van der Waals surface area contributed by atoms with Gasteiger partial charge >= 0.3 is 0 Å². The summed E-state index contributed by atoms with van der Waals surface area (Å²) in [6.07, 6.45) is 0.730. The van der Waals surface area contributed by atoms with Crippen molar-refractivity contribution in [1.29, 1.82) is 0 Å². The Morgan fingerprint density at radius 1 is 1.24 bits per heavy atom. The minimum absolute atomic E-state index is 0.0689. The van der Waals surface area contributed by atoms with Crippen LogP contribution in [0.5, 0.6) is 0 Å². The van der Waals surface area contributed by atoms with Gasteiger partial charge in [0.1, 0.15) is 5.82 Å². The standard InChI is InChI=1S/C20H23N5O2S2/c26-19(14-29-20-22-18(23-24-20)12-17-2-1-11-28-17)21-16-5-3-15(4-6-16)13-25-7-9-27-10-8-25/h1-6,11H,7-10,12-14H2,(H,21,26)(H,22,23,24). The first-order valence-electron chi connectivity index (χ1n) is 9.50. The topological polar surface area (TPSA) is 83.1 Å². The first-order valence-corrected chi connectivity index (χ1v) is 11.4. The fraction of sp³-hybridized carbons (Fsp3) is 0.350. The van der Waals surface area contributed by atoms with Crippen molar-refractivity contribution in [2.75, 3.05) is 37.4 Å². The number of thiophene rings is 1. The molecule has 1 aromatic carbocycles. The number of carbonyl (C=O) groups is 1. The molecule has 0 bridgehead atoms. The number of thioether (sulfide) groups is 1. The molecule has 0 aliphatic carbocycles. The molecule has 0 unspecified atom stereocenters. The first kappa shape index (κ1) is 20.1. The van der Waals surface area contributed by atoms with Gasteiger partial charge in [0.25, 0.3) is 0 Å². The molecular weight excluding hydrogens is 406 g/mol. The molecule has 0 saturated carbocycles. The van der Waals surface area contributed by atoms with E-state index in [0.29, 0.717) is 5.16 Å². The van der Waals surface area contributed by atoms with Crippen LogP contribution < -0.4 is 5.32 Å². The number of amides is 1. The molecule has 9 heteroatoms. The van der Waals surface area contributed by atoms with Crippen LogP contribution in [0.25, 0.3) is 0 Å². The van der Waals surface area contributed by atoms with Gasteiger partial charge in [-0.15, -0.1) is 16.4 Å². The lowest BCUT2D eigenvalue weighted by Gasteiger charge is -2.26. The molecule has 1 saturated heterocycles. The van der Waals surface area contributed by atoms with Gasteiger partial charge in [0.05, 0.1) is 19.0 Å². The summed E-state index contributed by atoms with van der Waals surface area (Å²) in [6, 6.07) is 12.1. The van der Waals surface area contributed by atoms with Gasteiger partial charge in [0, 0.05) is 36.6 Å². The highest BCUT2D eigenvalue weighted by molar-refractivity contribution is 7.99. The molecule has 2 N–H and O–H groups in total. The number of hydrogen-bond acceptors (Lipinski definition) is 7. The van der Waals surface area contributed by atoms with Crippen LogP contribution in [0, 0.1) is 0 Å². The number of ether oxygens (including phenoxy) is 1. The summed E-state index contributed by atoms with van der Waals surface area (Å²) in [4.78, 5) is 20.3. The van der Waals surface area contributed by atoms with Crippen molar-refractivity contribution in [3.8, 4) is 0 Å². The summed E-state index contributed by atoms with van der Waals surface area (Å²) >= 11 is 3.02. The first-order chi connectivity index (χ1) is 14.2. The SMILES string of the molecule is O=C(CSc1n[nH]c(Cc2cccs2)n1)Nc1ccc(CN2CCOCC2)cc1. The van der Waals surface area contributed by atoms with Crippen LogP contribution in [-0.4, -0.2) is 58.0 Å². The molecule has 1 aliphatic rings. The van der Waals surface area contributed by atoms with E-state index in [0.717, 1.165) is 50.8 Å². The van der Waals surface area contributed by atoms with E-state index in [1.807, 2.05) is 23.6 Å². The number of nitrogens with zero attached hydrogens (tertiary/aromatic N) is 3. The van der Waals surface area contributed by atoms with Crippen LogP contribution in [0.2, 0.25) is 0 Å². The molecule has 4 rings (SSSR count). The maximum absolute atomic E-state index is 12.2. The second kappa shape index (κ2) is 10.0. The average molecular weight is 430 g/mol. The van der Waals surface area contributed by atoms with Gasteiger partial charge < -0.3 is 10.1 Å². The zero-order valence-electron chi connectivity index (χ0n) is 16.0. The Morgan fingerprint density at radius 2 is 2.07 bits per heavy atom. The second-order valence-electron chi connectivity index (χ2n) is 6.74. The number of aromatic nitrogens is 3. The zero-order valence-corrected chi connectivity index (χ0v) is 17.6. The molecule has 1 fully saturated rings. The number of morpholine rings is 1. The van der Waals surface area contributed by atoms with Gasteiger partial charge in [-0.3, -0.25) is 14.8 Å². The monoisotopic (exact) mass is 429 g/mol. The van der Waals surface area contributed by atoms with E-state index in [9.17, 15) is 4.79 Å². The fourth-order valence-corrected chi connectivity index (χ4v) is 4.36. The van der Waals surface area contributed by atoms with Gasteiger partial charge in [0.15, 0.2) is 0 Å². The third-order valence-corrected chi connectivity index (χ3v) is 6.24. The minimum atomic E-state index is -0.0689. The van der Waals surface area contributed by atoms with Crippen molar-refractivity contribution >= 4 is 34.7 Å². The molecule has 7 nitrogen and oxygen atoms in total. The molecule has 1 amide bonds. The Kier molecular flexibility index (Phi) is 6.94. The molecule has 29 heavy (non-hydrogen) atoms. The van der Waals surface area contributed by atoms with Crippen LogP contribution in [0.1, 0.15) is 16.3 Å². The van der Waals surface area contributed by atoms with E-state index in [1.54, 1.807) is 11.3 Å². The maximum Gasteiger partial charge on any atom is 0.234 e. The molecule has 0 spiro atoms. The van der Waals surface area contributed by atoms with Gasteiger partial charge in [-0.1, -0.05) is 30.0 Å². The lowest BCUT2D eigenvalue weighted by Crippen LogP contribution is -2.35. The van der Waals surface area contributed by atoms with Crippen LogP contribution in [0.4, 0.5) is 5.69 Å². The van der Waals surface area contributed by atoms with E-state index in [2.05, 4.69) is 43.6 Å². The van der Waals surface area contributed by atoms with E-state index >= 15 is 0 Å². The third-order valence-electron chi connectivity index (χ3n) is 4.51. The predicted molar refractivity (Wildman–Crippen MR) is 115 cm³/mol. The molecule has 3 aromatic rings. The smallest absolute Gasteiger partial charge is 0.234 e. The van der Waals surface area contributed by atoms with Crippen LogP contribution in [0.3, 0.4) is 0 Å². The van der Waals surface area contributed by atoms with Crippen LogP contribution in [-0.2, 0) is 22.5 Å². The van der Waals surface area contributed by atoms with Gasteiger partial charge in [0.2, 0.25) is 11.1 Å². The Balaban J connectivity index is 1.21. The minimum Gasteiger partial charge on any atom is -0.379 e. The summed E-state index contributed by atoms with van der Waals surface area (Å²) < 4.78 is 5.38. The Labute approximate surface area is 177 Å². The van der Waals surface area contributed by atoms with Crippen molar-refractivity contribution in [2.24, 2.45) is 0 Å². The lowest BCUT2D eigenvalue weighted by atomic mass is 10.2. The highest BCUT2D eigenvalue weighted by atomic mass is 32.2. The maximum atomic E-state index is 12.2. The third kappa shape index (κ3) is 6.14. The zero-order chi connectivity index (χ0) is 19.9. The number of aromatic amines is 1. The summed E-state index contributed by atoms with van der Waals surface area (Å²) in [5.41, 5.74) is 2.04. The van der Waals surface area contributed by atoms with Gasteiger partial charge in [-0.2, -0.15) is 0 Å². The van der Waals surface area contributed by atoms with Gasteiger partial charge in [-0.25, -0.2) is 4.98 Å². The lowest BCUT2D eigenvalue weighted by molar-refractivity contribution is -0.113. The largest absolute Gasteiger partial charge is 0.379 e. The Hall–Kier alpha value is -2.20. The number of carbonyl (C=O) groups excluding carboxylic acids is 1. The van der Waals surface area contributed by atoms with Crippen molar-refractivity contribution in [3.05, 3.63) is 58.0 Å². The summed E-state index contributed by atoms with van der Waals surface area (Å²) in [6.45, 7) is 4.43. The number of nitrogens with one attached hydrogen (secondary N) is 2. The van der Waals surface area contributed by atoms with Crippen molar-refractivity contribution in [2.45, 2.75) is 18.1 Å². The van der Waals surface area contributed by atoms with Crippen molar-refractivity contribution in [3.63, 3.8) is 0 Å². The van der Waals surface area contributed by atoms with E-state index in [-0.39, 0.29) is 11.7 Å². The second-order valence-corrected chi connectivity index (χ2v) is 8.72. The summed E-state index contributed by atoms with van der Waals surface area (Å²) in [7, 11) is 0. The van der Waals surface area contributed by atoms with E-state index in [4.69, 9.17) is 4.74 Å². The predicted octanol–water partition coefficient (Wildman–Crippen LogP) is 3.02. The number of hydrogen-bond donors (Lipinski definition) is 2. The molecule has 3 heterocycles. The molecule has 0 atom stereocenters. The Bertz CT molecular complexity index is 905. The number of rotatable bonds is 8. The quantitative estimate of drug-likeness (QED) is 0.536. The molecule has 152 valence electrons. The highest BCUT2D eigenvalue weighted by Crippen LogP contribution is 2.17. The number of anilines is 1. The molecule has 2 aromatic heterocycles. The molecule has 1 aliphatic heterocycles. The van der Waals surface area contributed by atoms with Crippen molar-refractivity contribution in [1.82, 2.24) is 20.1 Å².